The van der Waals surface area contributed by atoms with Crippen molar-refractivity contribution in [1.29, 1.82) is 0 Å². The Bertz CT molecular complexity index is 1200. The minimum Gasteiger partial charge on any atom is -0.452 e. The van der Waals surface area contributed by atoms with Crippen LogP contribution in [0.1, 0.15) is 10.4 Å². The molecule has 1 heterocycles. The average Bonchev–Trinajstić information content (AvgIpc) is 3.26. The molecule has 3 rings (SSSR count). The quantitative estimate of drug-likeness (QED) is 0.242. The zero-order valence-corrected chi connectivity index (χ0v) is 17.5. The van der Waals surface area contributed by atoms with E-state index in [2.05, 4.69) is 15.6 Å². The second kappa shape index (κ2) is 10.6. The first-order chi connectivity index (χ1) is 15.8. The number of carbonyl (C=O) groups is 2. The van der Waals surface area contributed by atoms with Crippen molar-refractivity contribution >= 4 is 39.7 Å². The van der Waals surface area contributed by atoms with E-state index in [-0.39, 0.29) is 35.2 Å². The van der Waals surface area contributed by atoms with Crippen molar-refractivity contribution in [2.45, 2.75) is 0 Å². The van der Waals surface area contributed by atoms with Gasteiger partial charge >= 0.3 is 5.97 Å². The number of halogens is 2. The van der Waals surface area contributed by atoms with Crippen molar-refractivity contribution in [2.24, 2.45) is 0 Å². The van der Waals surface area contributed by atoms with Crippen LogP contribution in [-0.4, -0.2) is 46.6 Å². The first kappa shape index (κ1) is 23.7. The molecule has 0 aliphatic carbocycles. The Labute approximate surface area is 189 Å². The predicted molar refractivity (Wildman–Crippen MR) is 115 cm³/mol. The summed E-state index contributed by atoms with van der Waals surface area (Å²) < 4.78 is 31.4. The second-order valence-corrected chi connectivity index (χ2v) is 7.29. The number of non-ortho nitro benzene ring substituents is 1. The number of rotatable bonds is 9. The molecule has 0 atom stereocenters. The summed E-state index contributed by atoms with van der Waals surface area (Å²) >= 11 is 1.02. The van der Waals surface area contributed by atoms with Crippen LogP contribution in [0.25, 0.3) is 11.3 Å². The van der Waals surface area contributed by atoms with Gasteiger partial charge in [-0.05, 0) is 24.3 Å². The van der Waals surface area contributed by atoms with Gasteiger partial charge in [-0.15, -0.1) is 11.3 Å². The summed E-state index contributed by atoms with van der Waals surface area (Å²) in [4.78, 5) is 38.9. The number of aliphatic hydroxyl groups is 1. The van der Waals surface area contributed by atoms with E-state index >= 15 is 0 Å². The maximum atomic E-state index is 13.4. The molecule has 10 nitrogen and oxygen atoms in total. The number of amides is 1. The van der Waals surface area contributed by atoms with Crippen molar-refractivity contribution in [3.8, 4) is 11.3 Å². The summed E-state index contributed by atoms with van der Waals surface area (Å²) in [6.45, 7) is -0.863. The van der Waals surface area contributed by atoms with Crippen LogP contribution in [0.15, 0.2) is 41.8 Å². The number of benzene rings is 2. The van der Waals surface area contributed by atoms with Crippen LogP contribution in [0, 0.1) is 21.7 Å². The number of esters is 1. The van der Waals surface area contributed by atoms with E-state index in [1.54, 1.807) is 0 Å². The Balaban J connectivity index is 1.63. The lowest BCUT2D eigenvalue weighted by Crippen LogP contribution is -2.21. The predicted octanol–water partition coefficient (Wildman–Crippen LogP) is 3.20. The molecule has 0 unspecified atom stereocenters. The second-order valence-electron chi connectivity index (χ2n) is 6.43. The van der Waals surface area contributed by atoms with E-state index in [1.807, 2.05) is 0 Å². The van der Waals surface area contributed by atoms with Gasteiger partial charge in [-0.3, -0.25) is 20.2 Å². The number of hydrogen-bond donors (Lipinski definition) is 3. The molecule has 0 saturated heterocycles. The maximum absolute atomic E-state index is 13.4. The molecule has 2 aromatic carbocycles. The fraction of sp³-hybridized carbons (Fsp3) is 0.150. The zero-order valence-electron chi connectivity index (χ0n) is 16.7. The highest BCUT2D eigenvalue weighted by molar-refractivity contribution is 7.14. The monoisotopic (exact) mass is 478 g/mol. The minimum absolute atomic E-state index is 0.0862. The van der Waals surface area contributed by atoms with E-state index < -0.39 is 35.0 Å². The number of hydrogen-bond acceptors (Lipinski definition) is 9. The Morgan fingerprint density at radius 3 is 2.67 bits per heavy atom. The molecule has 1 aromatic heterocycles. The van der Waals surface area contributed by atoms with Gasteiger partial charge in [-0.25, -0.2) is 18.6 Å². The lowest BCUT2D eigenvalue weighted by Gasteiger charge is -2.11. The third kappa shape index (κ3) is 6.05. The molecule has 3 aromatic rings. The number of aliphatic hydroxyl groups excluding tert-OH is 1. The molecule has 0 radical (unpaired) electrons. The van der Waals surface area contributed by atoms with Crippen molar-refractivity contribution in [3.05, 3.63) is 69.1 Å². The Kier molecular flexibility index (Phi) is 7.58. The zero-order chi connectivity index (χ0) is 24.0. The molecular weight excluding hydrogens is 462 g/mol. The first-order valence-electron chi connectivity index (χ1n) is 9.29. The highest BCUT2D eigenvalue weighted by Gasteiger charge is 2.19. The van der Waals surface area contributed by atoms with Crippen LogP contribution >= 0.6 is 11.3 Å². The van der Waals surface area contributed by atoms with E-state index in [0.717, 1.165) is 29.5 Å². The van der Waals surface area contributed by atoms with Crippen LogP contribution < -0.4 is 10.6 Å². The summed E-state index contributed by atoms with van der Waals surface area (Å²) in [5.41, 5.74) is 0.276. The molecule has 33 heavy (non-hydrogen) atoms. The topological polar surface area (TPSA) is 144 Å². The summed E-state index contributed by atoms with van der Waals surface area (Å²) in [7, 11) is 0. The third-order valence-corrected chi connectivity index (χ3v) is 4.92. The molecule has 0 aliphatic rings. The average molecular weight is 478 g/mol. The molecule has 172 valence electrons. The minimum atomic E-state index is -1.04. The number of carbonyl (C=O) groups excluding carboxylic acids is 2. The van der Waals surface area contributed by atoms with Gasteiger partial charge in [0, 0.05) is 35.3 Å². The molecule has 1 amide bonds. The molecule has 0 fully saturated rings. The molecule has 0 spiro atoms. The van der Waals surface area contributed by atoms with Crippen LogP contribution in [0.3, 0.4) is 0 Å². The SMILES string of the molecule is O=C(COC(=O)c1cc([N+](=O)[O-])ccc1NCCO)Nc1nc(-c2ccc(F)c(F)c2)cs1. The first-order valence-corrected chi connectivity index (χ1v) is 10.2. The summed E-state index contributed by atoms with van der Waals surface area (Å²) in [6.07, 6.45) is 0. The molecule has 3 N–H and O–H groups in total. The largest absolute Gasteiger partial charge is 0.452 e. The van der Waals surface area contributed by atoms with Crippen LogP contribution in [0.2, 0.25) is 0 Å². The normalized spacial score (nSPS) is 10.5. The van der Waals surface area contributed by atoms with Crippen LogP contribution in [0.4, 0.5) is 25.3 Å². The van der Waals surface area contributed by atoms with Gasteiger partial charge in [0.05, 0.1) is 22.8 Å². The van der Waals surface area contributed by atoms with Crippen molar-refractivity contribution in [1.82, 2.24) is 4.98 Å². The van der Waals surface area contributed by atoms with Crippen molar-refractivity contribution in [3.63, 3.8) is 0 Å². The van der Waals surface area contributed by atoms with Gasteiger partial charge in [0.2, 0.25) is 0 Å². The number of nitro benzene ring substituents is 1. The smallest absolute Gasteiger partial charge is 0.341 e. The molecule has 0 aliphatic heterocycles. The summed E-state index contributed by atoms with van der Waals surface area (Å²) in [5, 5.41) is 26.7. The number of nitro groups is 1. The van der Waals surface area contributed by atoms with E-state index in [0.29, 0.717) is 11.3 Å². The number of nitrogens with one attached hydrogen (secondary N) is 2. The Morgan fingerprint density at radius 1 is 1.18 bits per heavy atom. The molecule has 13 heteroatoms. The fourth-order valence-corrected chi connectivity index (χ4v) is 3.38. The molecule has 0 saturated carbocycles. The van der Waals surface area contributed by atoms with Crippen molar-refractivity contribution < 1.29 is 33.1 Å². The van der Waals surface area contributed by atoms with Gasteiger partial charge in [-0.1, -0.05) is 0 Å². The standard InChI is InChI=1S/C20H16F2N4O6S/c21-14-3-1-11(7-15(14)22)17-10-33-20(24-17)25-18(28)9-32-19(29)13-8-12(26(30)31)2-4-16(13)23-5-6-27/h1-4,7-8,10,23,27H,5-6,9H2,(H,24,25,28). The fourth-order valence-electron chi connectivity index (χ4n) is 2.64. The highest BCUT2D eigenvalue weighted by Crippen LogP contribution is 2.26. The Morgan fingerprint density at radius 2 is 1.97 bits per heavy atom. The molecular formula is C20H16F2N4O6S. The number of ether oxygens (including phenoxy) is 1. The number of anilines is 2. The maximum Gasteiger partial charge on any atom is 0.341 e. The number of aromatic nitrogens is 1. The lowest BCUT2D eigenvalue weighted by molar-refractivity contribution is -0.384. The van der Waals surface area contributed by atoms with Crippen LogP contribution in [0.5, 0.6) is 0 Å². The van der Waals surface area contributed by atoms with Gasteiger partial charge in [-0.2, -0.15) is 0 Å². The van der Waals surface area contributed by atoms with Gasteiger partial charge in [0.1, 0.15) is 0 Å². The van der Waals surface area contributed by atoms with Crippen LogP contribution in [-0.2, 0) is 9.53 Å². The van der Waals surface area contributed by atoms with Gasteiger partial charge in [0.25, 0.3) is 11.6 Å². The van der Waals surface area contributed by atoms with E-state index in [4.69, 9.17) is 9.84 Å². The van der Waals surface area contributed by atoms with Gasteiger partial charge in [0.15, 0.2) is 23.4 Å². The highest BCUT2D eigenvalue weighted by atomic mass is 32.1. The molecule has 0 bridgehead atoms. The summed E-state index contributed by atoms with van der Waals surface area (Å²) in [5.74, 6) is -3.75. The third-order valence-electron chi connectivity index (χ3n) is 4.16. The van der Waals surface area contributed by atoms with E-state index in [9.17, 15) is 28.5 Å². The number of nitrogens with zero attached hydrogens (tertiary/aromatic N) is 2. The Hall–Kier alpha value is -3.97. The lowest BCUT2D eigenvalue weighted by atomic mass is 10.1. The van der Waals surface area contributed by atoms with E-state index in [1.165, 1.54) is 23.6 Å². The van der Waals surface area contributed by atoms with Gasteiger partial charge < -0.3 is 15.2 Å². The number of thiazole rings is 1. The summed E-state index contributed by atoms with van der Waals surface area (Å²) in [6, 6.07) is 6.73. The van der Waals surface area contributed by atoms with Crippen molar-refractivity contribution in [2.75, 3.05) is 30.4 Å².